The molecule has 1 aliphatic carbocycles. The number of anilines is 2. The first-order valence-corrected chi connectivity index (χ1v) is 13.4. The fourth-order valence-electron chi connectivity index (χ4n) is 4.46. The Morgan fingerprint density at radius 1 is 1.02 bits per heavy atom. The van der Waals surface area contributed by atoms with E-state index in [4.69, 9.17) is 4.74 Å². The fourth-order valence-corrected chi connectivity index (χ4v) is 4.46. The van der Waals surface area contributed by atoms with E-state index in [1.807, 2.05) is 13.0 Å². The summed E-state index contributed by atoms with van der Waals surface area (Å²) in [6.07, 6.45) is 6.36. The summed E-state index contributed by atoms with van der Waals surface area (Å²) in [7, 11) is 0. The summed E-state index contributed by atoms with van der Waals surface area (Å²) >= 11 is 0. The van der Waals surface area contributed by atoms with Gasteiger partial charge in [-0.05, 0) is 71.6 Å². The Morgan fingerprint density at radius 2 is 1.80 bits per heavy atom. The van der Waals surface area contributed by atoms with Crippen LogP contribution >= 0.6 is 0 Å². The zero-order valence-electron chi connectivity index (χ0n) is 23.3. The average Bonchev–Trinajstić information content (AvgIpc) is 3.75. The number of piperazine rings is 1. The summed E-state index contributed by atoms with van der Waals surface area (Å²) in [5.74, 6) is 6.58. The minimum absolute atomic E-state index is 0.00585. The number of ether oxygens (including phenoxy) is 1. The third-order valence-electron chi connectivity index (χ3n) is 6.84. The van der Waals surface area contributed by atoms with Crippen molar-refractivity contribution in [3.63, 3.8) is 0 Å². The molecule has 3 aromatic rings. The summed E-state index contributed by atoms with van der Waals surface area (Å²) in [5, 5.41) is 4.59. The molecule has 2 fully saturated rings. The first kappa shape index (κ1) is 27.1. The molecule has 1 saturated carbocycles. The van der Waals surface area contributed by atoms with Crippen LogP contribution < -0.4 is 10.2 Å². The molecule has 3 amide bonds. The first-order chi connectivity index (χ1) is 19.0. The molecule has 4 heterocycles. The summed E-state index contributed by atoms with van der Waals surface area (Å²) in [6, 6.07) is 4.73. The van der Waals surface area contributed by atoms with Gasteiger partial charge in [0.2, 0.25) is 11.8 Å². The molecule has 0 aromatic carbocycles. The van der Waals surface area contributed by atoms with Crippen LogP contribution in [0.15, 0.2) is 36.8 Å². The van der Waals surface area contributed by atoms with Crippen molar-refractivity contribution in [2.24, 2.45) is 5.92 Å². The SMILES string of the molecule is Cc1ncc(C#Cc2ccc(N3CCN(C(=O)OC(C)(C)C)[C@@H](C)C3=O)cn2)c2cc(NC(=O)C3CC3)ncc12. The maximum Gasteiger partial charge on any atom is 0.411 e. The fraction of sp³-hybridized carbons (Fsp3) is 0.400. The normalized spacial score (nSPS) is 17.3. The van der Waals surface area contributed by atoms with Gasteiger partial charge in [0.1, 0.15) is 23.2 Å². The highest BCUT2D eigenvalue weighted by Gasteiger charge is 2.37. The minimum Gasteiger partial charge on any atom is -0.444 e. The van der Waals surface area contributed by atoms with Gasteiger partial charge in [-0.3, -0.25) is 19.5 Å². The minimum atomic E-state index is -0.654. The quantitative estimate of drug-likeness (QED) is 0.498. The molecular formula is C30H32N6O4. The van der Waals surface area contributed by atoms with E-state index >= 15 is 0 Å². The van der Waals surface area contributed by atoms with Crippen LogP contribution in [0.3, 0.4) is 0 Å². The number of nitrogens with one attached hydrogen (secondary N) is 1. The molecule has 10 nitrogen and oxygen atoms in total. The number of pyridine rings is 3. The van der Waals surface area contributed by atoms with Gasteiger partial charge in [0.05, 0.1) is 17.4 Å². The Balaban J connectivity index is 1.32. The van der Waals surface area contributed by atoms with E-state index < -0.39 is 17.7 Å². The third kappa shape index (κ3) is 5.88. The van der Waals surface area contributed by atoms with Crippen molar-refractivity contribution in [2.45, 2.75) is 59.1 Å². The van der Waals surface area contributed by atoms with Gasteiger partial charge in [-0.2, -0.15) is 0 Å². The van der Waals surface area contributed by atoms with Crippen LogP contribution in [-0.2, 0) is 14.3 Å². The smallest absolute Gasteiger partial charge is 0.411 e. The van der Waals surface area contributed by atoms with Crippen LogP contribution in [0.4, 0.5) is 16.3 Å². The predicted octanol–water partition coefficient (Wildman–Crippen LogP) is 4.05. The number of carbonyl (C=O) groups is 3. The lowest BCUT2D eigenvalue weighted by Crippen LogP contribution is -2.58. The van der Waals surface area contributed by atoms with E-state index in [1.165, 1.54) is 4.90 Å². The Kier molecular flexibility index (Phi) is 7.15. The number of rotatable bonds is 3. The van der Waals surface area contributed by atoms with Gasteiger partial charge in [0.25, 0.3) is 0 Å². The van der Waals surface area contributed by atoms with Gasteiger partial charge in [0, 0.05) is 47.9 Å². The van der Waals surface area contributed by atoms with E-state index in [2.05, 4.69) is 32.1 Å². The second-order valence-corrected chi connectivity index (χ2v) is 11.1. The molecule has 5 rings (SSSR count). The van der Waals surface area contributed by atoms with Crippen molar-refractivity contribution >= 4 is 40.2 Å². The monoisotopic (exact) mass is 540 g/mol. The lowest BCUT2D eigenvalue weighted by Gasteiger charge is -2.39. The van der Waals surface area contributed by atoms with E-state index in [9.17, 15) is 14.4 Å². The number of amides is 3. The van der Waals surface area contributed by atoms with Gasteiger partial charge in [0.15, 0.2) is 0 Å². The molecule has 3 aromatic heterocycles. The van der Waals surface area contributed by atoms with Crippen LogP contribution in [0.2, 0.25) is 0 Å². The van der Waals surface area contributed by atoms with Gasteiger partial charge >= 0.3 is 6.09 Å². The lowest BCUT2D eigenvalue weighted by molar-refractivity contribution is -0.125. The average molecular weight is 541 g/mol. The van der Waals surface area contributed by atoms with Gasteiger partial charge < -0.3 is 15.0 Å². The van der Waals surface area contributed by atoms with Crippen LogP contribution in [0.25, 0.3) is 10.8 Å². The molecule has 2 aliphatic rings. The zero-order valence-corrected chi connectivity index (χ0v) is 23.3. The van der Waals surface area contributed by atoms with Crippen LogP contribution in [0.5, 0.6) is 0 Å². The number of carbonyl (C=O) groups excluding carboxylic acids is 3. The third-order valence-corrected chi connectivity index (χ3v) is 6.84. The highest BCUT2D eigenvalue weighted by molar-refractivity contribution is 5.99. The topological polar surface area (TPSA) is 118 Å². The van der Waals surface area contributed by atoms with E-state index in [0.717, 1.165) is 29.3 Å². The van der Waals surface area contributed by atoms with Crippen LogP contribution in [0, 0.1) is 24.7 Å². The second-order valence-electron chi connectivity index (χ2n) is 11.1. The Morgan fingerprint density at radius 3 is 2.48 bits per heavy atom. The maximum atomic E-state index is 13.1. The number of aryl methyl sites for hydroxylation is 1. The van der Waals surface area contributed by atoms with E-state index in [0.29, 0.717) is 35.9 Å². The van der Waals surface area contributed by atoms with Crippen molar-refractivity contribution in [3.05, 3.63) is 53.7 Å². The van der Waals surface area contributed by atoms with Crippen molar-refractivity contribution in [1.82, 2.24) is 19.9 Å². The van der Waals surface area contributed by atoms with Crippen molar-refractivity contribution < 1.29 is 19.1 Å². The second kappa shape index (κ2) is 10.6. The number of hydrogen-bond donors (Lipinski definition) is 1. The van der Waals surface area contributed by atoms with Crippen LogP contribution in [0.1, 0.15) is 57.5 Å². The largest absolute Gasteiger partial charge is 0.444 e. The molecule has 10 heteroatoms. The van der Waals surface area contributed by atoms with Gasteiger partial charge in [-0.15, -0.1) is 0 Å². The maximum absolute atomic E-state index is 13.1. The first-order valence-electron chi connectivity index (χ1n) is 13.4. The molecule has 40 heavy (non-hydrogen) atoms. The number of fused-ring (bicyclic) bond motifs is 1. The summed E-state index contributed by atoms with van der Waals surface area (Å²) < 4.78 is 5.45. The molecular weight excluding hydrogens is 508 g/mol. The van der Waals surface area contributed by atoms with Crippen LogP contribution in [-0.4, -0.2) is 62.5 Å². The molecule has 1 aliphatic heterocycles. The summed E-state index contributed by atoms with van der Waals surface area (Å²) in [4.78, 5) is 54.1. The summed E-state index contributed by atoms with van der Waals surface area (Å²) in [5.41, 5.74) is 2.04. The van der Waals surface area contributed by atoms with E-state index in [-0.39, 0.29) is 17.7 Å². The molecule has 1 saturated heterocycles. The Bertz CT molecular complexity index is 1550. The molecule has 1 N–H and O–H groups in total. The molecule has 0 spiro atoms. The molecule has 1 atom stereocenters. The molecule has 206 valence electrons. The molecule has 0 bridgehead atoms. The van der Waals surface area contributed by atoms with E-state index in [1.54, 1.807) is 63.3 Å². The lowest BCUT2D eigenvalue weighted by atomic mass is 10.1. The van der Waals surface area contributed by atoms with Crippen molar-refractivity contribution in [2.75, 3.05) is 23.3 Å². The highest BCUT2D eigenvalue weighted by atomic mass is 16.6. The van der Waals surface area contributed by atoms with Crippen molar-refractivity contribution in [3.8, 4) is 11.8 Å². The zero-order chi connectivity index (χ0) is 28.6. The standard InChI is InChI=1S/C30H32N6O4/c1-18-25-17-33-26(34-27(37)20-6-7-20)14-24(25)21(15-31-18)8-9-22-10-11-23(16-32-22)36-13-12-35(19(2)28(36)38)29(39)40-30(3,4)5/h10-11,14-17,19-20H,6-7,12-13H2,1-5H3,(H,33,34,37)/t19-/m0/s1. The Labute approximate surface area is 233 Å². The number of hydrogen-bond acceptors (Lipinski definition) is 7. The molecule has 0 radical (unpaired) electrons. The van der Waals surface area contributed by atoms with Gasteiger partial charge in [-0.1, -0.05) is 5.92 Å². The predicted molar refractivity (Wildman–Crippen MR) is 151 cm³/mol. The summed E-state index contributed by atoms with van der Waals surface area (Å²) in [6.45, 7) is 9.68. The number of aromatic nitrogens is 3. The van der Waals surface area contributed by atoms with Gasteiger partial charge in [-0.25, -0.2) is 14.8 Å². The van der Waals surface area contributed by atoms with Crippen molar-refractivity contribution in [1.29, 1.82) is 0 Å². The highest BCUT2D eigenvalue weighted by Crippen LogP contribution is 2.30. The Hall–Kier alpha value is -4.52. The molecule has 0 unspecified atom stereocenters. The number of nitrogens with zero attached hydrogens (tertiary/aromatic N) is 5.